The summed E-state index contributed by atoms with van der Waals surface area (Å²) >= 11 is 0. The van der Waals surface area contributed by atoms with Crippen LogP contribution in [0, 0.1) is 11.8 Å². The molecule has 10 N–H and O–H groups in total. The van der Waals surface area contributed by atoms with E-state index in [-0.39, 0.29) is 37.5 Å². The fraction of sp³-hybridized carbons (Fsp3) is 0.409. The van der Waals surface area contributed by atoms with Gasteiger partial charge in [-0.2, -0.15) is 0 Å². The summed E-state index contributed by atoms with van der Waals surface area (Å²) in [5.41, 5.74) is 13.7. The molecule has 0 saturated heterocycles. The van der Waals surface area contributed by atoms with Crippen molar-refractivity contribution in [3.8, 4) is 0 Å². The molecule has 0 unspecified atom stereocenters. The van der Waals surface area contributed by atoms with Crippen LogP contribution in [0.4, 0.5) is 0 Å². The third kappa shape index (κ3) is 12.8. The van der Waals surface area contributed by atoms with Gasteiger partial charge in [-0.3, -0.25) is 28.8 Å². The number of carbonyl (C=O) groups is 6. The van der Waals surface area contributed by atoms with E-state index >= 15 is 0 Å². The number of carboxylic acids is 1. The number of benzene rings is 4. The topological polar surface area (TPSA) is 243 Å². The normalized spacial score (nSPS) is 14.6. The van der Waals surface area contributed by atoms with Crippen LogP contribution < -0.4 is 32.7 Å². The first-order valence-corrected chi connectivity index (χ1v) is 19.6. The van der Waals surface area contributed by atoms with Gasteiger partial charge in [-0.25, -0.2) is 0 Å². The van der Waals surface area contributed by atoms with Crippen molar-refractivity contribution in [2.45, 2.75) is 103 Å². The molecule has 0 saturated carbocycles. The molecule has 14 nitrogen and oxygen atoms in total. The molecule has 4 aromatic rings. The Morgan fingerprint density at radius 2 is 1.21 bits per heavy atom. The Kier molecular flexibility index (Phi) is 16.3. The molecule has 58 heavy (non-hydrogen) atoms. The highest BCUT2D eigenvalue weighted by Gasteiger charge is 2.33. The maximum Gasteiger partial charge on any atom is 0.303 e. The van der Waals surface area contributed by atoms with Crippen LogP contribution in [0.15, 0.2) is 84.9 Å². The molecule has 6 atom stereocenters. The van der Waals surface area contributed by atoms with Gasteiger partial charge in [-0.1, -0.05) is 113 Å². The van der Waals surface area contributed by atoms with Crippen molar-refractivity contribution in [1.82, 2.24) is 21.3 Å². The number of rotatable bonds is 21. The smallest absolute Gasteiger partial charge is 0.303 e. The highest BCUT2D eigenvalue weighted by atomic mass is 16.4. The highest BCUT2D eigenvalue weighted by molar-refractivity contribution is 5.94. The van der Waals surface area contributed by atoms with Gasteiger partial charge >= 0.3 is 5.97 Å². The predicted molar refractivity (Wildman–Crippen MR) is 222 cm³/mol. The number of fused-ring (bicyclic) bond motifs is 2. The summed E-state index contributed by atoms with van der Waals surface area (Å²) in [5.74, 6) is -5.16. The molecular weight excluding hydrogens is 741 g/mol. The average Bonchev–Trinajstić information content (AvgIpc) is 3.17. The lowest BCUT2D eigenvalue weighted by atomic mass is 9.95. The molecule has 0 aromatic heterocycles. The fourth-order valence-electron chi connectivity index (χ4n) is 7.00. The summed E-state index contributed by atoms with van der Waals surface area (Å²) in [6, 6.07) is 21.1. The summed E-state index contributed by atoms with van der Waals surface area (Å²) in [7, 11) is 0. The van der Waals surface area contributed by atoms with Gasteiger partial charge in [0.15, 0.2) is 0 Å². The SMILES string of the molecule is CC(C)C[C@H](NC(=O)[C@@H](NC(=O)[C@@H](N)Cc1cccc2ccccc12)C(C)C)[C@@H](O)CC(=O)N[C@@H](CCC(=O)O)C(=O)N[C@@H](Cc1cccc2ccccc12)C(N)=O. The Labute approximate surface area is 338 Å². The largest absolute Gasteiger partial charge is 0.481 e. The Bertz CT molecular complexity index is 2080. The van der Waals surface area contributed by atoms with E-state index < -0.39 is 84.7 Å². The Morgan fingerprint density at radius 3 is 1.74 bits per heavy atom. The number of nitrogens with two attached hydrogens (primary N) is 2. The minimum absolute atomic E-state index is 0.0363. The van der Waals surface area contributed by atoms with Crippen molar-refractivity contribution < 1.29 is 39.0 Å². The minimum Gasteiger partial charge on any atom is -0.481 e. The van der Waals surface area contributed by atoms with Crippen molar-refractivity contribution in [3.63, 3.8) is 0 Å². The first-order chi connectivity index (χ1) is 27.5. The van der Waals surface area contributed by atoms with Crippen LogP contribution in [0.5, 0.6) is 0 Å². The maximum absolute atomic E-state index is 13.7. The van der Waals surface area contributed by atoms with Crippen molar-refractivity contribution in [2.24, 2.45) is 23.3 Å². The number of hydrogen-bond donors (Lipinski definition) is 8. The van der Waals surface area contributed by atoms with Crippen LogP contribution in [-0.2, 0) is 41.6 Å². The number of primary amides is 1. The van der Waals surface area contributed by atoms with Crippen molar-refractivity contribution in [1.29, 1.82) is 0 Å². The zero-order valence-corrected chi connectivity index (χ0v) is 33.4. The fourth-order valence-corrected chi connectivity index (χ4v) is 7.00. The first kappa shape index (κ1) is 44.8. The Hall–Kier alpha value is -5.86. The molecule has 4 aromatic carbocycles. The van der Waals surface area contributed by atoms with Gasteiger partial charge in [0.05, 0.1) is 24.6 Å². The number of carboxylic acid groups (broad SMARTS) is 1. The molecule has 0 aliphatic heterocycles. The lowest BCUT2D eigenvalue weighted by Gasteiger charge is -2.30. The second kappa shape index (κ2) is 21.1. The average molecular weight is 797 g/mol. The van der Waals surface area contributed by atoms with Crippen LogP contribution in [0.3, 0.4) is 0 Å². The van der Waals surface area contributed by atoms with E-state index in [1.807, 2.05) is 98.8 Å². The second-order valence-corrected chi connectivity index (χ2v) is 15.6. The van der Waals surface area contributed by atoms with Crippen LogP contribution in [0.1, 0.15) is 64.5 Å². The molecular formula is C44H56N6O8. The number of aliphatic carboxylic acids is 1. The Balaban J connectivity index is 1.41. The number of carbonyl (C=O) groups excluding carboxylic acids is 5. The van der Waals surface area contributed by atoms with Crippen LogP contribution >= 0.6 is 0 Å². The summed E-state index contributed by atoms with van der Waals surface area (Å²) in [6.45, 7) is 7.27. The molecule has 0 heterocycles. The lowest BCUT2D eigenvalue weighted by molar-refractivity contribution is -0.138. The summed E-state index contributed by atoms with van der Waals surface area (Å²) in [4.78, 5) is 77.9. The number of hydrogen-bond acceptors (Lipinski definition) is 8. The van der Waals surface area contributed by atoms with Gasteiger partial charge in [0.2, 0.25) is 29.5 Å². The van der Waals surface area contributed by atoms with Gasteiger partial charge < -0.3 is 42.9 Å². The Morgan fingerprint density at radius 1 is 0.655 bits per heavy atom. The van der Waals surface area contributed by atoms with E-state index in [0.717, 1.165) is 32.7 Å². The first-order valence-electron chi connectivity index (χ1n) is 19.6. The van der Waals surface area contributed by atoms with E-state index in [2.05, 4.69) is 21.3 Å². The number of amides is 5. The predicted octanol–water partition coefficient (Wildman–Crippen LogP) is 2.85. The molecule has 4 rings (SSSR count). The summed E-state index contributed by atoms with van der Waals surface area (Å²) in [5, 5.41) is 35.1. The molecule has 0 bridgehead atoms. The molecule has 310 valence electrons. The zero-order valence-electron chi connectivity index (χ0n) is 33.4. The number of nitrogens with one attached hydrogen (secondary N) is 4. The van der Waals surface area contributed by atoms with Gasteiger partial charge in [-0.05, 0) is 63.8 Å². The monoisotopic (exact) mass is 796 g/mol. The standard InChI is InChI=1S/C44H56N6O8/c1-25(2)21-35(48-44(58)40(26(3)4)50-42(56)33(45)22-29-15-9-13-27-11-5-7-17-31(27)29)37(51)24-38(52)47-34(19-20-39(53)54)43(57)49-36(41(46)55)23-30-16-10-14-28-12-6-8-18-32(28)30/h5-18,25-26,33-37,40,51H,19-24,45H2,1-4H3,(H2,46,55)(H,47,52)(H,48,58)(H,49,57)(H,50,56)(H,53,54)/t33-,34-,35-,36-,37-,40-/m0/s1. The van der Waals surface area contributed by atoms with Crippen LogP contribution in [0.25, 0.3) is 21.5 Å². The third-order valence-corrected chi connectivity index (χ3v) is 10.1. The van der Waals surface area contributed by atoms with E-state index in [0.29, 0.717) is 0 Å². The van der Waals surface area contributed by atoms with E-state index in [1.54, 1.807) is 13.8 Å². The minimum atomic E-state index is -1.43. The molecule has 0 spiro atoms. The molecule has 0 radical (unpaired) electrons. The van der Waals surface area contributed by atoms with Gasteiger partial charge in [0, 0.05) is 12.8 Å². The van der Waals surface area contributed by atoms with Crippen molar-refractivity contribution in [2.75, 3.05) is 0 Å². The number of aliphatic hydroxyl groups excluding tert-OH is 1. The van der Waals surface area contributed by atoms with Gasteiger partial charge in [0.25, 0.3) is 0 Å². The van der Waals surface area contributed by atoms with Crippen LogP contribution in [0.2, 0.25) is 0 Å². The third-order valence-electron chi connectivity index (χ3n) is 10.1. The van der Waals surface area contributed by atoms with E-state index in [1.165, 1.54) is 0 Å². The molecule has 0 aliphatic carbocycles. The molecule has 0 fully saturated rings. The quantitative estimate of drug-likeness (QED) is 0.0617. The summed E-state index contributed by atoms with van der Waals surface area (Å²) in [6.07, 6.45) is -2.24. The highest BCUT2D eigenvalue weighted by Crippen LogP contribution is 2.21. The number of aliphatic hydroxyl groups is 1. The molecule has 5 amide bonds. The molecule has 14 heteroatoms. The summed E-state index contributed by atoms with van der Waals surface area (Å²) < 4.78 is 0. The van der Waals surface area contributed by atoms with Crippen molar-refractivity contribution in [3.05, 3.63) is 96.1 Å². The van der Waals surface area contributed by atoms with Gasteiger partial charge in [-0.15, -0.1) is 0 Å². The maximum atomic E-state index is 13.7. The second-order valence-electron chi connectivity index (χ2n) is 15.6. The van der Waals surface area contributed by atoms with Gasteiger partial charge in [0.1, 0.15) is 18.1 Å². The van der Waals surface area contributed by atoms with Crippen molar-refractivity contribution >= 4 is 57.1 Å². The van der Waals surface area contributed by atoms with Crippen LogP contribution in [-0.4, -0.2) is 82.0 Å². The molecule has 0 aliphatic rings. The zero-order chi connectivity index (χ0) is 42.5. The lowest BCUT2D eigenvalue weighted by Crippen LogP contribution is -2.57. The van der Waals surface area contributed by atoms with E-state index in [9.17, 15) is 39.0 Å². The van der Waals surface area contributed by atoms with E-state index in [4.69, 9.17) is 11.5 Å².